The SMILES string of the molecule is CC1(C)CCCN(C(=O)Cn2cccc2C(=O)O)CC1. The zero-order chi connectivity index (χ0) is 14.8. The number of aromatic carboxylic acids is 1. The van der Waals surface area contributed by atoms with E-state index in [1.54, 1.807) is 12.3 Å². The van der Waals surface area contributed by atoms with E-state index in [-0.39, 0.29) is 23.6 Å². The zero-order valence-electron chi connectivity index (χ0n) is 12.1. The first-order valence-electron chi connectivity index (χ1n) is 7.05. The summed E-state index contributed by atoms with van der Waals surface area (Å²) in [5.74, 6) is -0.999. The van der Waals surface area contributed by atoms with Crippen molar-refractivity contribution < 1.29 is 14.7 Å². The van der Waals surface area contributed by atoms with Gasteiger partial charge in [0, 0.05) is 19.3 Å². The topological polar surface area (TPSA) is 62.5 Å². The number of carbonyl (C=O) groups is 2. The van der Waals surface area contributed by atoms with Crippen molar-refractivity contribution in [1.29, 1.82) is 0 Å². The molecule has 1 saturated heterocycles. The maximum Gasteiger partial charge on any atom is 0.352 e. The molecule has 1 aliphatic heterocycles. The average molecular weight is 278 g/mol. The van der Waals surface area contributed by atoms with Crippen molar-refractivity contribution in [1.82, 2.24) is 9.47 Å². The molecule has 0 radical (unpaired) electrons. The van der Waals surface area contributed by atoms with Crippen LogP contribution in [-0.4, -0.2) is 39.5 Å². The highest BCUT2D eigenvalue weighted by molar-refractivity contribution is 5.86. The van der Waals surface area contributed by atoms with E-state index in [9.17, 15) is 9.59 Å². The van der Waals surface area contributed by atoms with Crippen molar-refractivity contribution >= 4 is 11.9 Å². The summed E-state index contributed by atoms with van der Waals surface area (Å²) in [5.41, 5.74) is 0.447. The predicted molar refractivity (Wildman–Crippen MR) is 75.6 cm³/mol. The molecule has 0 atom stereocenters. The van der Waals surface area contributed by atoms with E-state index in [0.29, 0.717) is 0 Å². The fraction of sp³-hybridized carbons (Fsp3) is 0.600. The molecule has 1 amide bonds. The zero-order valence-corrected chi connectivity index (χ0v) is 12.1. The predicted octanol–water partition coefficient (Wildman–Crippen LogP) is 2.23. The number of carbonyl (C=O) groups excluding carboxylic acids is 1. The Morgan fingerprint density at radius 1 is 1.30 bits per heavy atom. The first-order valence-corrected chi connectivity index (χ1v) is 7.05. The Morgan fingerprint density at radius 2 is 2.05 bits per heavy atom. The molecule has 1 fully saturated rings. The summed E-state index contributed by atoms with van der Waals surface area (Å²) < 4.78 is 1.50. The largest absolute Gasteiger partial charge is 0.477 e. The van der Waals surface area contributed by atoms with Crippen LogP contribution >= 0.6 is 0 Å². The number of nitrogens with zero attached hydrogens (tertiary/aromatic N) is 2. The number of carboxylic acids is 1. The molecule has 0 bridgehead atoms. The molecular formula is C15H22N2O3. The molecule has 1 aromatic rings. The Balaban J connectivity index is 2.01. The smallest absolute Gasteiger partial charge is 0.352 e. The lowest BCUT2D eigenvalue weighted by atomic mass is 9.85. The Bertz CT molecular complexity index is 505. The summed E-state index contributed by atoms with van der Waals surface area (Å²) >= 11 is 0. The van der Waals surface area contributed by atoms with Crippen LogP contribution in [0.1, 0.15) is 43.6 Å². The van der Waals surface area contributed by atoms with Crippen molar-refractivity contribution in [2.45, 2.75) is 39.7 Å². The van der Waals surface area contributed by atoms with Gasteiger partial charge in [0.05, 0.1) is 0 Å². The van der Waals surface area contributed by atoms with Crippen LogP contribution in [0.4, 0.5) is 0 Å². The number of amides is 1. The van der Waals surface area contributed by atoms with Crippen LogP contribution in [0.2, 0.25) is 0 Å². The van der Waals surface area contributed by atoms with Crippen molar-refractivity contribution in [3.63, 3.8) is 0 Å². The van der Waals surface area contributed by atoms with E-state index in [0.717, 1.165) is 32.4 Å². The van der Waals surface area contributed by atoms with Gasteiger partial charge in [0.15, 0.2) is 0 Å². The van der Waals surface area contributed by atoms with E-state index >= 15 is 0 Å². The van der Waals surface area contributed by atoms with Crippen molar-refractivity contribution in [2.75, 3.05) is 13.1 Å². The van der Waals surface area contributed by atoms with Crippen LogP contribution in [0.3, 0.4) is 0 Å². The van der Waals surface area contributed by atoms with Crippen molar-refractivity contribution in [3.05, 3.63) is 24.0 Å². The lowest BCUT2D eigenvalue weighted by Crippen LogP contribution is -2.35. The first kappa shape index (κ1) is 14.6. The van der Waals surface area contributed by atoms with Gasteiger partial charge < -0.3 is 14.6 Å². The summed E-state index contributed by atoms with van der Waals surface area (Å²) in [6.07, 6.45) is 4.77. The lowest BCUT2D eigenvalue weighted by Gasteiger charge is -2.23. The third-order valence-corrected chi connectivity index (χ3v) is 4.05. The van der Waals surface area contributed by atoms with E-state index in [2.05, 4.69) is 13.8 Å². The van der Waals surface area contributed by atoms with Gasteiger partial charge in [-0.1, -0.05) is 13.8 Å². The summed E-state index contributed by atoms with van der Waals surface area (Å²) in [6.45, 7) is 6.10. The summed E-state index contributed by atoms with van der Waals surface area (Å²) in [6, 6.07) is 3.17. The molecule has 0 saturated carbocycles. The minimum atomic E-state index is -1.00. The minimum absolute atomic E-state index is 0.00130. The monoisotopic (exact) mass is 278 g/mol. The van der Waals surface area contributed by atoms with Gasteiger partial charge in [-0.05, 0) is 36.8 Å². The van der Waals surface area contributed by atoms with Crippen LogP contribution in [0.15, 0.2) is 18.3 Å². The minimum Gasteiger partial charge on any atom is -0.477 e. The van der Waals surface area contributed by atoms with Gasteiger partial charge in [-0.2, -0.15) is 0 Å². The van der Waals surface area contributed by atoms with Gasteiger partial charge in [0.1, 0.15) is 12.2 Å². The molecule has 0 aromatic carbocycles. The molecule has 5 nitrogen and oxygen atoms in total. The Hall–Kier alpha value is -1.78. The molecule has 1 aliphatic rings. The molecular weight excluding hydrogens is 256 g/mol. The maximum absolute atomic E-state index is 12.3. The molecule has 0 spiro atoms. The van der Waals surface area contributed by atoms with Crippen LogP contribution in [-0.2, 0) is 11.3 Å². The van der Waals surface area contributed by atoms with Crippen LogP contribution < -0.4 is 0 Å². The van der Waals surface area contributed by atoms with Gasteiger partial charge in [0.2, 0.25) is 5.91 Å². The lowest BCUT2D eigenvalue weighted by molar-refractivity contribution is -0.131. The average Bonchev–Trinajstić information content (AvgIpc) is 2.73. The Kier molecular flexibility index (Phi) is 4.16. The number of hydrogen-bond donors (Lipinski definition) is 1. The molecule has 1 aromatic heterocycles. The third kappa shape index (κ3) is 3.40. The van der Waals surface area contributed by atoms with Gasteiger partial charge in [-0.15, -0.1) is 0 Å². The molecule has 20 heavy (non-hydrogen) atoms. The normalized spacial score (nSPS) is 18.6. The number of hydrogen-bond acceptors (Lipinski definition) is 2. The second kappa shape index (κ2) is 5.69. The Morgan fingerprint density at radius 3 is 2.75 bits per heavy atom. The van der Waals surface area contributed by atoms with Gasteiger partial charge in [0.25, 0.3) is 0 Å². The Labute approximate surface area is 119 Å². The van der Waals surface area contributed by atoms with Crippen LogP contribution in [0, 0.1) is 5.41 Å². The maximum atomic E-state index is 12.3. The summed E-state index contributed by atoms with van der Waals surface area (Å²) in [4.78, 5) is 25.2. The number of rotatable bonds is 3. The highest BCUT2D eigenvalue weighted by Crippen LogP contribution is 2.29. The molecule has 0 unspecified atom stereocenters. The van der Waals surface area contributed by atoms with Gasteiger partial charge >= 0.3 is 5.97 Å². The fourth-order valence-corrected chi connectivity index (χ4v) is 2.66. The van der Waals surface area contributed by atoms with Gasteiger partial charge in [-0.3, -0.25) is 4.79 Å². The van der Waals surface area contributed by atoms with Crippen molar-refractivity contribution in [3.8, 4) is 0 Å². The van der Waals surface area contributed by atoms with E-state index in [1.807, 2.05) is 4.90 Å². The summed E-state index contributed by atoms with van der Waals surface area (Å²) in [7, 11) is 0. The molecule has 1 N–H and O–H groups in total. The molecule has 0 aliphatic carbocycles. The second-order valence-electron chi connectivity index (χ2n) is 6.23. The van der Waals surface area contributed by atoms with Crippen molar-refractivity contribution in [2.24, 2.45) is 5.41 Å². The highest BCUT2D eigenvalue weighted by Gasteiger charge is 2.25. The van der Waals surface area contributed by atoms with E-state index in [4.69, 9.17) is 5.11 Å². The molecule has 5 heteroatoms. The molecule has 2 heterocycles. The molecule has 110 valence electrons. The highest BCUT2D eigenvalue weighted by atomic mass is 16.4. The standard InChI is InChI=1S/C15H22N2O3/c1-15(2)6-4-9-16(10-7-15)13(18)11-17-8-3-5-12(17)14(19)20/h3,5,8H,4,6-7,9-11H2,1-2H3,(H,19,20). The van der Waals surface area contributed by atoms with E-state index < -0.39 is 5.97 Å². The summed E-state index contributed by atoms with van der Waals surface area (Å²) in [5, 5.41) is 9.05. The fourth-order valence-electron chi connectivity index (χ4n) is 2.66. The number of aromatic nitrogens is 1. The van der Waals surface area contributed by atoms with Crippen LogP contribution in [0.25, 0.3) is 0 Å². The van der Waals surface area contributed by atoms with Crippen LogP contribution in [0.5, 0.6) is 0 Å². The third-order valence-electron chi connectivity index (χ3n) is 4.05. The number of likely N-dealkylation sites (tertiary alicyclic amines) is 1. The number of carboxylic acid groups (broad SMARTS) is 1. The second-order valence-corrected chi connectivity index (χ2v) is 6.23. The quantitative estimate of drug-likeness (QED) is 0.922. The van der Waals surface area contributed by atoms with E-state index in [1.165, 1.54) is 10.6 Å². The molecule has 2 rings (SSSR count). The van der Waals surface area contributed by atoms with Gasteiger partial charge in [-0.25, -0.2) is 4.79 Å². The first-order chi connectivity index (χ1) is 9.39.